The van der Waals surface area contributed by atoms with Crippen LogP contribution in [0.5, 0.6) is 0 Å². The second-order valence-corrected chi connectivity index (χ2v) is 6.92. The van der Waals surface area contributed by atoms with E-state index < -0.39 is 0 Å². The topological polar surface area (TPSA) is 65.8 Å². The van der Waals surface area contributed by atoms with E-state index in [0.717, 1.165) is 21.5 Å². The fourth-order valence-corrected chi connectivity index (χ4v) is 2.81. The van der Waals surface area contributed by atoms with Crippen molar-refractivity contribution in [1.82, 2.24) is 9.80 Å². The van der Waals surface area contributed by atoms with Crippen molar-refractivity contribution in [1.29, 1.82) is 0 Å². The van der Waals surface area contributed by atoms with Gasteiger partial charge in [-0.25, -0.2) is 0 Å². The number of anilines is 1. The van der Waals surface area contributed by atoms with Crippen LogP contribution in [0.4, 0.5) is 5.69 Å². The van der Waals surface area contributed by atoms with Crippen molar-refractivity contribution in [3.63, 3.8) is 0 Å². The van der Waals surface area contributed by atoms with Crippen LogP contribution >= 0.6 is 15.9 Å². The Morgan fingerprint density at radius 2 is 1.96 bits per heavy atom. The molecule has 2 amide bonds. The third-order valence-corrected chi connectivity index (χ3v) is 4.17. The van der Waals surface area contributed by atoms with Crippen LogP contribution in [0, 0.1) is 6.92 Å². The van der Waals surface area contributed by atoms with Gasteiger partial charge in [0.2, 0.25) is 11.8 Å². The lowest BCUT2D eigenvalue weighted by molar-refractivity contribution is -0.131. The minimum atomic E-state index is -0.158. The normalized spacial score (nSPS) is 10.8. The second kappa shape index (κ2) is 8.82. The maximum absolute atomic E-state index is 12.2. The first-order chi connectivity index (χ1) is 11.8. The molecule has 1 aromatic carbocycles. The molecule has 0 atom stereocenters. The van der Waals surface area contributed by atoms with Crippen LogP contribution in [0.25, 0.3) is 0 Å². The largest absolute Gasteiger partial charge is 0.467 e. The summed E-state index contributed by atoms with van der Waals surface area (Å²) in [5.41, 5.74) is 1.74. The summed E-state index contributed by atoms with van der Waals surface area (Å²) in [6.07, 6.45) is 1.58. The molecule has 0 bridgehead atoms. The van der Waals surface area contributed by atoms with Gasteiger partial charge in [-0.3, -0.25) is 14.5 Å². The Balaban J connectivity index is 1.81. The highest BCUT2D eigenvalue weighted by Gasteiger charge is 2.15. The van der Waals surface area contributed by atoms with E-state index in [1.165, 1.54) is 0 Å². The Kier molecular flexibility index (Phi) is 6.78. The quantitative estimate of drug-likeness (QED) is 0.765. The molecule has 134 valence electrons. The van der Waals surface area contributed by atoms with Gasteiger partial charge in [-0.1, -0.05) is 15.9 Å². The summed E-state index contributed by atoms with van der Waals surface area (Å²) < 4.78 is 6.20. The van der Waals surface area contributed by atoms with Gasteiger partial charge in [0.1, 0.15) is 5.76 Å². The average molecular weight is 408 g/mol. The van der Waals surface area contributed by atoms with Gasteiger partial charge >= 0.3 is 0 Å². The number of benzene rings is 1. The van der Waals surface area contributed by atoms with Crippen molar-refractivity contribution >= 4 is 33.4 Å². The monoisotopic (exact) mass is 407 g/mol. The first-order valence-corrected chi connectivity index (χ1v) is 8.65. The molecule has 0 aliphatic carbocycles. The lowest BCUT2D eigenvalue weighted by Gasteiger charge is -2.21. The zero-order valence-corrected chi connectivity index (χ0v) is 16.2. The van der Waals surface area contributed by atoms with E-state index in [-0.39, 0.29) is 24.9 Å². The third-order valence-electron chi connectivity index (χ3n) is 3.68. The van der Waals surface area contributed by atoms with Gasteiger partial charge in [-0.2, -0.15) is 0 Å². The molecule has 0 saturated heterocycles. The summed E-state index contributed by atoms with van der Waals surface area (Å²) in [6, 6.07) is 9.27. The molecule has 25 heavy (non-hydrogen) atoms. The van der Waals surface area contributed by atoms with Crippen molar-refractivity contribution in [3.05, 3.63) is 52.4 Å². The van der Waals surface area contributed by atoms with Crippen LogP contribution in [0.3, 0.4) is 0 Å². The standard InChI is InChI=1S/C18H22BrN3O3/c1-13-9-14(19)6-7-16(13)20-17(23)11-21(2)12-18(24)22(3)10-15-5-4-8-25-15/h4-9H,10-12H2,1-3H3,(H,20,23). The molecule has 0 unspecified atom stereocenters. The molecule has 0 saturated carbocycles. The summed E-state index contributed by atoms with van der Waals surface area (Å²) in [5.74, 6) is 0.489. The highest BCUT2D eigenvalue weighted by Crippen LogP contribution is 2.19. The van der Waals surface area contributed by atoms with Crippen LogP contribution in [0.15, 0.2) is 45.5 Å². The summed E-state index contributed by atoms with van der Waals surface area (Å²) in [7, 11) is 3.45. The van der Waals surface area contributed by atoms with E-state index >= 15 is 0 Å². The lowest BCUT2D eigenvalue weighted by Crippen LogP contribution is -2.39. The molecule has 0 aliphatic heterocycles. The molecule has 0 aliphatic rings. The van der Waals surface area contributed by atoms with Crippen molar-refractivity contribution in [3.8, 4) is 0 Å². The Labute approximate surface area is 155 Å². The van der Waals surface area contributed by atoms with Gasteiger partial charge in [0.25, 0.3) is 0 Å². The van der Waals surface area contributed by atoms with E-state index in [2.05, 4.69) is 21.2 Å². The lowest BCUT2D eigenvalue weighted by atomic mass is 10.2. The first-order valence-electron chi connectivity index (χ1n) is 7.86. The summed E-state index contributed by atoms with van der Waals surface area (Å²) in [6.45, 7) is 2.63. The number of likely N-dealkylation sites (N-methyl/N-ethyl adjacent to an activating group) is 2. The van der Waals surface area contributed by atoms with E-state index in [1.807, 2.05) is 31.2 Å². The number of carbonyl (C=O) groups excluding carboxylic acids is 2. The van der Waals surface area contributed by atoms with Gasteiger partial charge in [0.15, 0.2) is 0 Å². The Hall–Kier alpha value is -2.12. The molecule has 1 aromatic heterocycles. The number of rotatable bonds is 7. The van der Waals surface area contributed by atoms with Gasteiger partial charge in [-0.05, 0) is 49.9 Å². The van der Waals surface area contributed by atoms with Crippen LogP contribution in [0.2, 0.25) is 0 Å². The number of nitrogens with zero attached hydrogens (tertiary/aromatic N) is 2. The van der Waals surface area contributed by atoms with E-state index in [0.29, 0.717) is 6.54 Å². The molecular weight excluding hydrogens is 386 g/mol. The number of aryl methyl sites for hydroxylation is 1. The molecule has 2 aromatic rings. The SMILES string of the molecule is Cc1cc(Br)ccc1NC(=O)CN(C)CC(=O)N(C)Cc1ccco1. The number of halogens is 1. The molecular formula is C18H22BrN3O3. The maximum atomic E-state index is 12.2. The molecule has 0 fully saturated rings. The van der Waals surface area contributed by atoms with Gasteiger partial charge in [0.05, 0.1) is 25.9 Å². The Bertz CT molecular complexity index is 731. The van der Waals surface area contributed by atoms with Crippen LogP contribution in [0.1, 0.15) is 11.3 Å². The van der Waals surface area contributed by atoms with Crippen LogP contribution < -0.4 is 5.32 Å². The van der Waals surface area contributed by atoms with Gasteiger partial charge in [0, 0.05) is 17.2 Å². The van der Waals surface area contributed by atoms with Crippen molar-refractivity contribution in [2.45, 2.75) is 13.5 Å². The highest BCUT2D eigenvalue weighted by molar-refractivity contribution is 9.10. The van der Waals surface area contributed by atoms with Crippen molar-refractivity contribution < 1.29 is 14.0 Å². The van der Waals surface area contributed by atoms with E-state index in [1.54, 1.807) is 36.2 Å². The highest BCUT2D eigenvalue weighted by atomic mass is 79.9. The predicted molar refractivity (Wildman–Crippen MR) is 100 cm³/mol. The van der Waals surface area contributed by atoms with Crippen LogP contribution in [-0.2, 0) is 16.1 Å². The third kappa shape index (κ3) is 6.03. The summed E-state index contributed by atoms with van der Waals surface area (Å²) in [5, 5.41) is 2.87. The second-order valence-electron chi connectivity index (χ2n) is 6.01. The summed E-state index contributed by atoms with van der Waals surface area (Å²) >= 11 is 3.39. The van der Waals surface area contributed by atoms with Crippen LogP contribution in [-0.4, -0.2) is 48.8 Å². The number of furan rings is 1. The zero-order valence-electron chi connectivity index (χ0n) is 14.6. The average Bonchev–Trinajstić information content (AvgIpc) is 3.02. The number of amides is 2. The first kappa shape index (κ1) is 19.2. The fourth-order valence-electron chi connectivity index (χ4n) is 2.33. The van der Waals surface area contributed by atoms with E-state index in [4.69, 9.17) is 4.42 Å². The van der Waals surface area contributed by atoms with Gasteiger partial charge in [-0.15, -0.1) is 0 Å². The minimum absolute atomic E-state index is 0.0773. The molecule has 2 rings (SSSR count). The molecule has 0 radical (unpaired) electrons. The van der Waals surface area contributed by atoms with E-state index in [9.17, 15) is 9.59 Å². The molecule has 6 nitrogen and oxygen atoms in total. The number of carbonyl (C=O) groups is 2. The minimum Gasteiger partial charge on any atom is -0.467 e. The zero-order chi connectivity index (χ0) is 18.4. The molecule has 1 N–H and O–H groups in total. The Morgan fingerprint density at radius 1 is 1.20 bits per heavy atom. The molecule has 0 spiro atoms. The molecule has 1 heterocycles. The number of hydrogen-bond donors (Lipinski definition) is 1. The smallest absolute Gasteiger partial charge is 0.238 e. The maximum Gasteiger partial charge on any atom is 0.238 e. The molecule has 7 heteroatoms. The summed E-state index contributed by atoms with van der Waals surface area (Å²) in [4.78, 5) is 27.6. The Morgan fingerprint density at radius 3 is 2.60 bits per heavy atom. The number of nitrogens with one attached hydrogen (secondary N) is 1. The fraction of sp³-hybridized carbons (Fsp3) is 0.333. The number of hydrogen-bond acceptors (Lipinski definition) is 4. The van der Waals surface area contributed by atoms with Crippen molar-refractivity contribution in [2.75, 3.05) is 32.5 Å². The van der Waals surface area contributed by atoms with Gasteiger partial charge < -0.3 is 14.6 Å². The van der Waals surface area contributed by atoms with Crippen molar-refractivity contribution in [2.24, 2.45) is 0 Å². The predicted octanol–water partition coefficient (Wildman–Crippen LogP) is 2.88.